The van der Waals surface area contributed by atoms with Crippen LogP contribution in [0.3, 0.4) is 0 Å². The van der Waals surface area contributed by atoms with Gasteiger partial charge in [0, 0.05) is 18.1 Å². The van der Waals surface area contributed by atoms with Crippen molar-refractivity contribution in [2.75, 3.05) is 19.8 Å². The van der Waals surface area contributed by atoms with Gasteiger partial charge in [-0.3, -0.25) is 4.40 Å². The Balaban J connectivity index is 1.18. The van der Waals surface area contributed by atoms with Gasteiger partial charge in [-0.15, -0.1) is 16.4 Å². The van der Waals surface area contributed by atoms with Crippen LogP contribution in [-0.2, 0) is 4.74 Å². The zero-order valence-electron chi connectivity index (χ0n) is 17.6. The largest absolute Gasteiger partial charge is 0.493 e. The Morgan fingerprint density at radius 1 is 1.16 bits per heavy atom. The van der Waals surface area contributed by atoms with Crippen LogP contribution in [-0.4, -0.2) is 49.3 Å². The second-order valence-corrected chi connectivity index (χ2v) is 9.64. The van der Waals surface area contributed by atoms with E-state index in [0.717, 1.165) is 54.6 Å². The molecule has 1 atom stereocenters. The van der Waals surface area contributed by atoms with Gasteiger partial charge in [-0.25, -0.2) is 9.67 Å². The molecular weight excluding hydrogens is 426 g/mol. The van der Waals surface area contributed by atoms with Gasteiger partial charge in [-0.2, -0.15) is 0 Å². The molecule has 4 heterocycles. The first kappa shape index (κ1) is 19.9. The highest BCUT2D eigenvalue weighted by atomic mass is 32.1. The number of hydrogen-bond donors (Lipinski definition) is 1. The SMILES string of the molecule is O[C@@H](c1cn(-c2ccc(OCC3CCOCC3)cc2)nn1)c1c(C2CC2)sc2cncn12. The summed E-state index contributed by atoms with van der Waals surface area (Å²) in [5, 5.41) is 19.7. The molecule has 6 rings (SSSR count). The fourth-order valence-corrected chi connectivity index (χ4v) is 5.52. The van der Waals surface area contributed by atoms with Gasteiger partial charge >= 0.3 is 0 Å². The molecule has 1 aromatic carbocycles. The minimum Gasteiger partial charge on any atom is -0.493 e. The van der Waals surface area contributed by atoms with Crippen LogP contribution in [0.4, 0.5) is 0 Å². The lowest BCUT2D eigenvalue weighted by atomic mass is 10.0. The first-order chi connectivity index (χ1) is 15.8. The van der Waals surface area contributed by atoms with Crippen molar-refractivity contribution < 1.29 is 14.6 Å². The van der Waals surface area contributed by atoms with Crippen LogP contribution < -0.4 is 4.74 Å². The lowest BCUT2D eigenvalue weighted by Gasteiger charge is -2.22. The lowest BCUT2D eigenvalue weighted by molar-refractivity contribution is 0.0497. The minimum atomic E-state index is -0.843. The Morgan fingerprint density at radius 2 is 1.97 bits per heavy atom. The zero-order valence-corrected chi connectivity index (χ0v) is 18.4. The number of aromatic nitrogens is 5. The van der Waals surface area contributed by atoms with Crippen LogP contribution in [0.2, 0.25) is 0 Å². The topological polar surface area (TPSA) is 86.7 Å². The second-order valence-electron chi connectivity index (χ2n) is 8.58. The van der Waals surface area contributed by atoms with E-state index in [1.807, 2.05) is 34.9 Å². The summed E-state index contributed by atoms with van der Waals surface area (Å²) in [6.45, 7) is 2.37. The van der Waals surface area contributed by atoms with Gasteiger partial charge < -0.3 is 14.6 Å². The number of imidazole rings is 1. The monoisotopic (exact) mass is 451 g/mol. The molecule has 1 aliphatic heterocycles. The van der Waals surface area contributed by atoms with E-state index in [4.69, 9.17) is 9.47 Å². The molecule has 0 spiro atoms. The molecule has 1 saturated heterocycles. The highest BCUT2D eigenvalue weighted by Crippen LogP contribution is 2.47. The number of aliphatic hydroxyl groups excluding tert-OH is 1. The Hall–Kier alpha value is -2.75. The second kappa shape index (κ2) is 8.31. The third-order valence-corrected chi connectivity index (χ3v) is 7.53. The molecule has 32 heavy (non-hydrogen) atoms. The third kappa shape index (κ3) is 3.80. The van der Waals surface area contributed by atoms with Crippen molar-refractivity contribution in [2.24, 2.45) is 5.92 Å². The first-order valence-electron chi connectivity index (χ1n) is 11.1. The van der Waals surface area contributed by atoms with Crippen LogP contribution in [0.15, 0.2) is 43.0 Å². The molecule has 2 fully saturated rings. The highest BCUT2D eigenvalue weighted by molar-refractivity contribution is 7.17. The predicted octanol–water partition coefficient (Wildman–Crippen LogP) is 3.74. The molecule has 1 saturated carbocycles. The van der Waals surface area contributed by atoms with Gasteiger partial charge in [0.2, 0.25) is 0 Å². The first-order valence-corrected chi connectivity index (χ1v) is 11.9. The summed E-state index contributed by atoms with van der Waals surface area (Å²) in [4.78, 5) is 6.51. The van der Waals surface area contributed by atoms with Crippen molar-refractivity contribution in [3.63, 3.8) is 0 Å². The van der Waals surface area contributed by atoms with E-state index in [2.05, 4.69) is 15.3 Å². The van der Waals surface area contributed by atoms with Crippen molar-refractivity contribution >= 4 is 16.2 Å². The Bertz CT molecular complexity index is 1200. The van der Waals surface area contributed by atoms with Crippen LogP contribution in [0.25, 0.3) is 10.5 Å². The molecule has 1 N–H and O–H groups in total. The standard InChI is InChI=1S/C23H25N5O3S/c29-22(21-23(16-1-2-16)32-20-11-24-14-27(20)21)19-12-28(26-25-19)17-3-5-18(6-4-17)31-13-15-7-9-30-10-8-15/h3-6,11-12,14-16,22,29H,1-2,7-10,13H2/t22-/m0/s1. The van der Waals surface area contributed by atoms with Crippen LogP contribution >= 0.6 is 11.3 Å². The molecule has 3 aromatic heterocycles. The van der Waals surface area contributed by atoms with E-state index in [0.29, 0.717) is 17.5 Å². The molecule has 166 valence electrons. The number of ether oxygens (including phenoxy) is 2. The summed E-state index contributed by atoms with van der Waals surface area (Å²) in [5.74, 6) is 1.94. The summed E-state index contributed by atoms with van der Waals surface area (Å²) in [7, 11) is 0. The van der Waals surface area contributed by atoms with E-state index in [1.165, 1.54) is 17.7 Å². The molecule has 8 nitrogen and oxygen atoms in total. The van der Waals surface area contributed by atoms with Crippen LogP contribution in [0, 0.1) is 5.92 Å². The zero-order chi connectivity index (χ0) is 21.5. The Morgan fingerprint density at radius 3 is 2.75 bits per heavy atom. The average Bonchev–Trinajstić information content (AvgIpc) is 3.22. The number of benzene rings is 1. The predicted molar refractivity (Wildman–Crippen MR) is 120 cm³/mol. The van der Waals surface area contributed by atoms with Gasteiger partial charge in [0.05, 0.1) is 30.4 Å². The molecule has 2 aliphatic rings. The molecule has 0 bridgehead atoms. The molecular formula is C23H25N5O3S. The summed E-state index contributed by atoms with van der Waals surface area (Å²) in [6.07, 6.45) is 9.01. The van der Waals surface area contributed by atoms with E-state index in [9.17, 15) is 5.11 Å². The molecule has 1 aliphatic carbocycles. The molecule has 0 unspecified atom stereocenters. The van der Waals surface area contributed by atoms with Crippen molar-refractivity contribution in [1.82, 2.24) is 24.4 Å². The van der Waals surface area contributed by atoms with Crippen LogP contribution in [0.5, 0.6) is 5.75 Å². The average molecular weight is 452 g/mol. The number of aliphatic hydroxyl groups is 1. The molecule has 4 aromatic rings. The summed E-state index contributed by atoms with van der Waals surface area (Å²) in [6, 6.07) is 7.81. The quantitative estimate of drug-likeness (QED) is 0.461. The molecule has 0 amide bonds. The number of thiazole rings is 1. The van der Waals surface area contributed by atoms with Crippen molar-refractivity contribution in [2.45, 2.75) is 37.7 Å². The van der Waals surface area contributed by atoms with Gasteiger partial charge in [0.25, 0.3) is 0 Å². The van der Waals surface area contributed by atoms with Gasteiger partial charge in [-0.05, 0) is 61.8 Å². The number of rotatable bonds is 7. The number of nitrogens with zero attached hydrogens (tertiary/aromatic N) is 5. The maximum atomic E-state index is 11.2. The van der Waals surface area contributed by atoms with E-state index < -0.39 is 6.10 Å². The summed E-state index contributed by atoms with van der Waals surface area (Å²) >= 11 is 1.71. The normalized spacial score (nSPS) is 18.3. The van der Waals surface area contributed by atoms with E-state index >= 15 is 0 Å². The lowest BCUT2D eigenvalue weighted by Crippen LogP contribution is -2.21. The summed E-state index contributed by atoms with van der Waals surface area (Å²) in [5.41, 5.74) is 2.27. The van der Waals surface area contributed by atoms with Crippen molar-refractivity contribution in [3.05, 3.63) is 59.3 Å². The van der Waals surface area contributed by atoms with Gasteiger partial charge in [0.1, 0.15) is 28.7 Å². The fraction of sp³-hybridized carbons (Fsp3) is 0.435. The summed E-state index contributed by atoms with van der Waals surface area (Å²) < 4.78 is 15.0. The highest BCUT2D eigenvalue weighted by Gasteiger charge is 2.33. The molecule has 0 radical (unpaired) electrons. The Labute approximate surface area is 189 Å². The Kier molecular flexibility index (Phi) is 5.17. The van der Waals surface area contributed by atoms with Gasteiger partial charge in [-0.1, -0.05) is 5.21 Å². The van der Waals surface area contributed by atoms with Crippen molar-refractivity contribution in [3.8, 4) is 11.4 Å². The third-order valence-electron chi connectivity index (χ3n) is 6.26. The minimum absolute atomic E-state index is 0.528. The van der Waals surface area contributed by atoms with Gasteiger partial charge in [0.15, 0.2) is 0 Å². The van der Waals surface area contributed by atoms with Crippen LogP contribution in [0.1, 0.15) is 54.0 Å². The maximum absolute atomic E-state index is 11.2. The number of hydrogen-bond acceptors (Lipinski definition) is 7. The molecule has 9 heteroatoms. The fourth-order valence-electron chi connectivity index (χ4n) is 4.22. The van der Waals surface area contributed by atoms with Crippen molar-refractivity contribution in [1.29, 1.82) is 0 Å². The smallest absolute Gasteiger partial charge is 0.141 e. The van der Waals surface area contributed by atoms with E-state index in [-0.39, 0.29) is 0 Å². The number of fused-ring (bicyclic) bond motifs is 1. The maximum Gasteiger partial charge on any atom is 0.141 e. The van der Waals surface area contributed by atoms with E-state index in [1.54, 1.807) is 28.5 Å².